The lowest BCUT2D eigenvalue weighted by atomic mass is 10.00. The van der Waals surface area contributed by atoms with E-state index >= 15 is 0 Å². The van der Waals surface area contributed by atoms with Crippen LogP contribution in [0.5, 0.6) is 0 Å². The van der Waals surface area contributed by atoms with Gasteiger partial charge in [0.05, 0.1) is 12.1 Å². The van der Waals surface area contributed by atoms with E-state index in [1.165, 1.54) is 45.0 Å². The average molecular weight is 579 g/mol. The molecule has 224 valence electrons. The maximum absolute atomic E-state index is 3.91. The zero-order valence-corrected chi connectivity index (χ0v) is 26.4. The molecule has 0 fully saturated rings. The molecule has 1 aliphatic rings. The van der Waals surface area contributed by atoms with Crippen LogP contribution in [0.15, 0.2) is 147 Å². The molecule has 0 N–H and O–H groups in total. The van der Waals surface area contributed by atoms with Crippen molar-refractivity contribution in [3.63, 3.8) is 0 Å². The number of anilines is 4. The quantitative estimate of drug-likeness (QED) is 0.137. The topological polar surface area (TPSA) is 6.48 Å². The van der Waals surface area contributed by atoms with Crippen LogP contribution >= 0.6 is 0 Å². The number of aryl methyl sites for hydroxylation is 2. The first-order valence-corrected chi connectivity index (χ1v) is 16.2. The maximum Gasteiger partial charge on any atom is 0.0708 e. The van der Waals surface area contributed by atoms with Gasteiger partial charge in [-0.05, 0) is 96.5 Å². The van der Waals surface area contributed by atoms with Crippen LogP contribution in [0.4, 0.5) is 22.7 Å². The standard InChI is InChI=1S/C42H46N2/c1-5-9-33-13-21-37(22-14-33)43(38-23-15-34(10-6-2)16-24-38)41-29-31-42(32-30-41)44(39-25-17-35(11-7-3)18-26-39)40-27-19-36(12-8-4)20-28-40/h5-6,13-32,41-42H,1-2,7-12H2,3-4H3. The van der Waals surface area contributed by atoms with Gasteiger partial charge in [0.25, 0.3) is 0 Å². The van der Waals surface area contributed by atoms with E-state index in [1.54, 1.807) is 0 Å². The molecule has 0 saturated carbocycles. The van der Waals surface area contributed by atoms with Crippen molar-refractivity contribution >= 4 is 22.7 Å². The first-order chi connectivity index (χ1) is 21.6. The van der Waals surface area contributed by atoms with Crippen molar-refractivity contribution in [3.05, 3.63) is 169 Å². The number of hydrogen-bond donors (Lipinski definition) is 0. The fraction of sp³-hybridized carbons (Fsp3) is 0.238. The smallest absolute Gasteiger partial charge is 0.0708 e. The summed E-state index contributed by atoms with van der Waals surface area (Å²) in [6.45, 7) is 12.3. The summed E-state index contributed by atoms with van der Waals surface area (Å²) in [5, 5.41) is 0. The summed E-state index contributed by atoms with van der Waals surface area (Å²) < 4.78 is 0. The maximum atomic E-state index is 3.91. The Hall–Kier alpha value is -4.56. The third-order valence-electron chi connectivity index (χ3n) is 8.30. The van der Waals surface area contributed by atoms with Gasteiger partial charge in [-0.2, -0.15) is 0 Å². The molecule has 0 saturated heterocycles. The SMILES string of the molecule is C=CCc1ccc(N(c2ccc(CC=C)cc2)C2C=CC(N(c3ccc(CCC)cc3)c3ccc(CCC)cc3)C=C2)cc1. The molecule has 0 unspecified atom stereocenters. The van der Waals surface area contributed by atoms with Crippen LogP contribution in [-0.2, 0) is 25.7 Å². The molecule has 2 nitrogen and oxygen atoms in total. The highest BCUT2D eigenvalue weighted by atomic mass is 15.2. The van der Waals surface area contributed by atoms with Crippen LogP contribution in [0, 0.1) is 0 Å². The van der Waals surface area contributed by atoms with Crippen molar-refractivity contribution in [2.24, 2.45) is 0 Å². The molecule has 0 heterocycles. The average Bonchev–Trinajstić information content (AvgIpc) is 3.06. The number of benzene rings is 4. The summed E-state index contributed by atoms with van der Waals surface area (Å²) in [4.78, 5) is 4.87. The fourth-order valence-corrected chi connectivity index (χ4v) is 6.06. The van der Waals surface area contributed by atoms with Crippen molar-refractivity contribution in [3.8, 4) is 0 Å². The minimum atomic E-state index is 0.0856. The lowest BCUT2D eigenvalue weighted by Crippen LogP contribution is -2.34. The van der Waals surface area contributed by atoms with Gasteiger partial charge in [0.2, 0.25) is 0 Å². The molecule has 0 spiro atoms. The van der Waals surface area contributed by atoms with Crippen LogP contribution in [-0.4, -0.2) is 12.1 Å². The molecule has 4 aromatic rings. The molecule has 2 heteroatoms. The van der Waals surface area contributed by atoms with Gasteiger partial charge in [0.15, 0.2) is 0 Å². The van der Waals surface area contributed by atoms with Crippen LogP contribution in [0.25, 0.3) is 0 Å². The fourth-order valence-electron chi connectivity index (χ4n) is 6.06. The molecule has 0 radical (unpaired) electrons. The second-order valence-corrected chi connectivity index (χ2v) is 11.6. The van der Waals surface area contributed by atoms with Crippen LogP contribution in [0.2, 0.25) is 0 Å². The van der Waals surface area contributed by atoms with Crippen molar-refractivity contribution in [1.29, 1.82) is 0 Å². The molecule has 0 aromatic heterocycles. The van der Waals surface area contributed by atoms with Crippen LogP contribution < -0.4 is 9.80 Å². The Morgan fingerprint density at radius 2 is 0.727 bits per heavy atom. The Bertz CT molecular complexity index is 1420. The summed E-state index contributed by atoms with van der Waals surface area (Å²) in [7, 11) is 0. The summed E-state index contributed by atoms with van der Waals surface area (Å²) in [5.74, 6) is 0. The number of hydrogen-bond acceptors (Lipinski definition) is 2. The monoisotopic (exact) mass is 578 g/mol. The first kappa shape index (κ1) is 30.9. The molecule has 4 aromatic carbocycles. The van der Waals surface area contributed by atoms with Crippen molar-refractivity contribution < 1.29 is 0 Å². The molecule has 5 rings (SSSR count). The van der Waals surface area contributed by atoms with Crippen molar-refractivity contribution in [2.45, 2.75) is 64.5 Å². The van der Waals surface area contributed by atoms with Crippen molar-refractivity contribution in [1.82, 2.24) is 0 Å². The predicted molar refractivity (Wildman–Crippen MR) is 192 cm³/mol. The zero-order chi connectivity index (χ0) is 30.7. The summed E-state index contributed by atoms with van der Waals surface area (Å²) >= 11 is 0. The van der Waals surface area contributed by atoms with E-state index in [0.29, 0.717) is 0 Å². The van der Waals surface area contributed by atoms with Crippen LogP contribution in [0.3, 0.4) is 0 Å². The van der Waals surface area contributed by atoms with Gasteiger partial charge in [-0.3, -0.25) is 0 Å². The minimum Gasteiger partial charge on any atom is -0.331 e. The van der Waals surface area contributed by atoms with E-state index in [4.69, 9.17) is 0 Å². The van der Waals surface area contributed by atoms with Gasteiger partial charge < -0.3 is 9.80 Å². The highest BCUT2D eigenvalue weighted by Crippen LogP contribution is 2.34. The lowest BCUT2D eigenvalue weighted by molar-refractivity contribution is 0.859. The summed E-state index contributed by atoms with van der Waals surface area (Å²) in [6.07, 6.45) is 19.6. The van der Waals surface area contributed by atoms with Gasteiger partial charge in [-0.15, -0.1) is 13.2 Å². The van der Waals surface area contributed by atoms with Crippen molar-refractivity contribution in [2.75, 3.05) is 9.80 Å². The lowest BCUT2D eigenvalue weighted by Gasteiger charge is -2.36. The third-order valence-corrected chi connectivity index (χ3v) is 8.30. The first-order valence-electron chi connectivity index (χ1n) is 16.2. The van der Waals surface area contributed by atoms with Crippen LogP contribution in [0.1, 0.15) is 48.9 Å². The van der Waals surface area contributed by atoms with Gasteiger partial charge in [0, 0.05) is 22.7 Å². The Balaban J connectivity index is 1.47. The highest BCUT2D eigenvalue weighted by molar-refractivity contribution is 5.69. The Labute approximate surface area is 265 Å². The molecular weight excluding hydrogens is 532 g/mol. The van der Waals surface area contributed by atoms with E-state index < -0.39 is 0 Å². The van der Waals surface area contributed by atoms with E-state index in [1.807, 2.05) is 12.2 Å². The zero-order valence-electron chi connectivity index (χ0n) is 26.4. The number of rotatable bonds is 14. The highest BCUT2D eigenvalue weighted by Gasteiger charge is 2.24. The van der Waals surface area contributed by atoms with Gasteiger partial charge in [0.1, 0.15) is 0 Å². The summed E-state index contributed by atoms with van der Waals surface area (Å²) in [6, 6.07) is 36.2. The van der Waals surface area contributed by atoms with E-state index in [-0.39, 0.29) is 12.1 Å². The Morgan fingerprint density at radius 3 is 0.977 bits per heavy atom. The van der Waals surface area contributed by atoms with E-state index in [9.17, 15) is 0 Å². The Kier molecular flexibility index (Phi) is 10.7. The molecular formula is C42H46N2. The van der Waals surface area contributed by atoms with E-state index in [0.717, 1.165) is 38.5 Å². The second-order valence-electron chi connectivity index (χ2n) is 11.6. The normalized spacial score (nSPS) is 15.6. The minimum absolute atomic E-state index is 0.0856. The molecule has 0 bridgehead atoms. The number of nitrogens with zero attached hydrogens (tertiary/aromatic N) is 2. The van der Waals surface area contributed by atoms with E-state index in [2.05, 4.69) is 158 Å². The van der Waals surface area contributed by atoms with Gasteiger partial charge in [-0.25, -0.2) is 0 Å². The van der Waals surface area contributed by atoms with Gasteiger partial charge in [-0.1, -0.05) is 112 Å². The van der Waals surface area contributed by atoms with Gasteiger partial charge >= 0.3 is 0 Å². The predicted octanol–water partition coefficient (Wildman–Crippen LogP) is 10.9. The summed E-state index contributed by atoms with van der Waals surface area (Å²) in [5.41, 5.74) is 10.1. The molecule has 1 aliphatic carbocycles. The molecule has 0 atom stereocenters. The number of allylic oxidation sites excluding steroid dienone is 2. The third kappa shape index (κ3) is 7.50. The molecule has 44 heavy (non-hydrogen) atoms. The largest absolute Gasteiger partial charge is 0.331 e. The second kappa shape index (κ2) is 15.3. The Morgan fingerprint density at radius 1 is 0.455 bits per heavy atom. The molecule has 0 aliphatic heterocycles. The molecule has 0 amide bonds.